The van der Waals surface area contributed by atoms with Crippen molar-refractivity contribution >= 4 is 27.8 Å². The number of carboxylic acids is 1. The summed E-state index contributed by atoms with van der Waals surface area (Å²) in [6.07, 6.45) is 3.60. The van der Waals surface area contributed by atoms with Crippen LogP contribution < -0.4 is 0 Å². The van der Waals surface area contributed by atoms with Crippen molar-refractivity contribution in [2.45, 2.75) is 20.8 Å². The average molecular weight is 346 g/mol. The molecule has 1 aromatic carbocycles. The first-order valence-corrected chi connectivity index (χ1v) is 6.71. The second kappa shape index (κ2) is 7.34. The number of rotatable bonds is 0. The molecule has 2 aromatic heterocycles. The fraction of sp³-hybridized carbons (Fsp3) is 0.235. The molecule has 117 valence electrons. The monoisotopic (exact) mass is 345 g/mol. The van der Waals surface area contributed by atoms with Gasteiger partial charge in [0, 0.05) is 23.2 Å². The first-order valence-electron chi connectivity index (χ1n) is 6.71. The quantitative estimate of drug-likeness (QED) is 0.496. The summed E-state index contributed by atoms with van der Waals surface area (Å²) < 4.78 is 0. The summed E-state index contributed by atoms with van der Waals surface area (Å²) in [5.74, 6) is -0.757. The Morgan fingerprint density at radius 2 is 1.27 bits per heavy atom. The van der Waals surface area contributed by atoms with Crippen LogP contribution in [0.15, 0.2) is 48.8 Å². The summed E-state index contributed by atoms with van der Waals surface area (Å²) in [6.45, 7) is 4.99. The van der Waals surface area contributed by atoms with E-state index < -0.39 is 11.4 Å². The van der Waals surface area contributed by atoms with Crippen molar-refractivity contribution in [2.75, 3.05) is 0 Å². The van der Waals surface area contributed by atoms with Crippen LogP contribution in [0.5, 0.6) is 0 Å². The van der Waals surface area contributed by atoms with E-state index in [0.717, 1.165) is 21.8 Å². The zero-order valence-electron chi connectivity index (χ0n) is 12.7. The number of nitrogens with zero attached hydrogens (tertiary/aromatic N) is 2. The number of hydrogen-bond donors (Lipinski definition) is 1. The molecule has 3 rings (SSSR count). The summed E-state index contributed by atoms with van der Waals surface area (Å²) >= 11 is 0. The third-order valence-electron chi connectivity index (χ3n) is 2.99. The molecule has 1 radical (unpaired) electrons. The van der Waals surface area contributed by atoms with Crippen molar-refractivity contribution in [3.05, 3.63) is 48.8 Å². The van der Waals surface area contributed by atoms with Gasteiger partial charge in [0.2, 0.25) is 0 Å². The molecule has 0 bridgehead atoms. The molecule has 0 spiro atoms. The zero-order chi connectivity index (χ0) is 15.5. The molecule has 0 atom stereocenters. The zero-order valence-corrected chi connectivity index (χ0v) is 13.6. The van der Waals surface area contributed by atoms with Gasteiger partial charge in [0.15, 0.2) is 0 Å². The molecule has 0 saturated heterocycles. The predicted octanol–water partition coefficient (Wildman–Crippen LogP) is 3.90. The van der Waals surface area contributed by atoms with E-state index in [-0.39, 0.29) is 17.1 Å². The first kappa shape index (κ1) is 18.1. The molecule has 0 amide bonds. The van der Waals surface area contributed by atoms with E-state index in [1.165, 1.54) is 0 Å². The number of fused-ring (bicyclic) bond motifs is 3. The Morgan fingerprint density at radius 3 is 1.59 bits per heavy atom. The Bertz CT molecular complexity index is 727. The van der Waals surface area contributed by atoms with E-state index in [4.69, 9.17) is 5.11 Å². The Balaban J connectivity index is 0.000000264. The summed E-state index contributed by atoms with van der Waals surface area (Å²) in [5.41, 5.74) is 1.37. The van der Waals surface area contributed by atoms with Crippen molar-refractivity contribution in [1.82, 2.24) is 9.97 Å². The van der Waals surface area contributed by atoms with E-state index >= 15 is 0 Å². The molecule has 0 unspecified atom stereocenters. The molecule has 0 aliphatic heterocycles. The van der Waals surface area contributed by atoms with Crippen LogP contribution in [0, 0.1) is 5.41 Å². The standard InChI is InChI=1S/C12H8N2.C5H10O2.Cu/c1-3-9-5-6-10-4-2-8-14-12(10)11(9)13-7-1;1-5(2,3)4(6)7;/h1-8H;1-3H3,(H,6,7);/q;;+2. The molecule has 3 aromatic rings. The Kier molecular flexibility index (Phi) is 6.03. The Hall–Kier alpha value is -1.97. The number of aliphatic carboxylic acids is 1. The third kappa shape index (κ3) is 4.26. The summed E-state index contributed by atoms with van der Waals surface area (Å²) in [4.78, 5) is 18.7. The molecule has 0 aliphatic carbocycles. The number of aromatic nitrogens is 2. The van der Waals surface area contributed by atoms with Crippen molar-refractivity contribution in [2.24, 2.45) is 5.41 Å². The normalized spacial score (nSPS) is 10.5. The van der Waals surface area contributed by atoms with Crippen molar-refractivity contribution in [3.63, 3.8) is 0 Å². The van der Waals surface area contributed by atoms with Crippen LogP contribution in [0.4, 0.5) is 0 Å². The van der Waals surface area contributed by atoms with Gasteiger partial charge in [0.1, 0.15) is 0 Å². The first-order chi connectivity index (χ1) is 9.89. The minimum atomic E-state index is -0.757. The van der Waals surface area contributed by atoms with Gasteiger partial charge < -0.3 is 5.11 Å². The fourth-order valence-corrected chi connectivity index (χ4v) is 1.68. The minimum absolute atomic E-state index is 0. The fourth-order valence-electron chi connectivity index (χ4n) is 1.68. The van der Waals surface area contributed by atoms with Crippen molar-refractivity contribution in [1.29, 1.82) is 0 Å². The molecule has 5 heteroatoms. The third-order valence-corrected chi connectivity index (χ3v) is 2.99. The molecule has 4 nitrogen and oxygen atoms in total. The molecule has 2 heterocycles. The molecule has 0 aliphatic rings. The summed E-state index contributed by atoms with van der Waals surface area (Å²) in [5, 5.41) is 10.5. The average Bonchev–Trinajstić information content (AvgIpc) is 2.47. The van der Waals surface area contributed by atoms with Crippen LogP contribution >= 0.6 is 0 Å². The maximum absolute atomic E-state index is 10.0. The summed E-state index contributed by atoms with van der Waals surface area (Å²) in [6, 6.07) is 12.1. The Labute approximate surface area is 140 Å². The van der Waals surface area contributed by atoms with Gasteiger partial charge in [0.25, 0.3) is 0 Å². The molecule has 0 fully saturated rings. The van der Waals surface area contributed by atoms with Gasteiger partial charge in [-0.05, 0) is 32.9 Å². The molecule has 22 heavy (non-hydrogen) atoms. The molecule has 1 N–H and O–H groups in total. The second-order valence-corrected chi connectivity index (χ2v) is 5.77. The van der Waals surface area contributed by atoms with Crippen LogP contribution in [0.1, 0.15) is 20.8 Å². The van der Waals surface area contributed by atoms with E-state index in [2.05, 4.69) is 34.2 Å². The predicted molar refractivity (Wildman–Crippen MR) is 84.1 cm³/mol. The van der Waals surface area contributed by atoms with Crippen LogP contribution in [-0.2, 0) is 21.9 Å². The maximum Gasteiger partial charge on any atom is 2.00 e. The van der Waals surface area contributed by atoms with Gasteiger partial charge in [-0.1, -0.05) is 24.3 Å². The number of pyridine rings is 2. The van der Waals surface area contributed by atoms with E-state index in [0.29, 0.717) is 0 Å². The van der Waals surface area contributed by atoms with Crippen molar-refractivity contribution < 1.29 is 27.0 Å². The van der Waals surface area contributed by atoms with Crippen LogP contribution in [0.25, 0.3) is 21.8 Å². The minimum Gasteiger partial charge on any atom is -0.481 e. The van der Waals surface area contributed by atoms with Crippen molar-refractivity contribution in [3.8, 4) is 0 Å². The van der Waals surface area contributed by atoms with Crippen LogP contribution in [-0.4, -0.2) is 21.0 Å². The topological polar surface area (TPSA) is 63.1 Å². The van der Waals surface area contributed by atoms with Gasteiger partial charge in [0.05, 0.1) is 16.4 Å². The number of carboxylic acid groups (broad SMARTS) is 1. The van der Waals surface area contributed by atoms with E-state index in [1.54, 1.807) is 33.2 Å². The summed E-state index contributed by atoms with van der Waals surface area (Å²) in [7, 11) is 0. The van der Waals surface area contributed by atoms with Gasteiger partial charge in [-0.3, -0.25) is 14.8 Å². The smallest absolute Gasteiger partial charge is 0.481 e. The van der Waals surface area contributed by atoms with Gasteiger partial charge in [-0.15, -0.1) is 0 Å². The number of hydrogen-bond acceptors (Lipinski definition) is 3. The van der Waals surface area contributed by atoms with Crippen LogP contribution in [0.2, 0.25) is 0 Å². The number of benzene rings is 1. The molecule has 0 saturated carbocycles. The number of carbonyl (C=O) groups is 1. The van der Waals surface area contributed by atoms with Gasteiger partial charge in [-0.2, -0.15) is 0 Å². The Morgan fingerprint density at radius 1 is 0.909 bits per heavy atom. The molecular formula is C17H18CuN2O2+2. The van der Waals surface area contributed by atoms with Gasteiger partial charge in [-0.25, -0.2) is 0 Å². The SMILES string of the molecule is CC(C)(C)C(=O)O.[Cu+2].c1cnc2c(c1)ccc1cccnc12. The van der Waals surface area contributed by atoms with E-state index in [1.807, 2.05) is 12.1 Å². The van der Waals surface area contributed by atoms with Gasteiger partial charge >= 0.3 is 23.0 Å². The van der Waals surface area contributed by atoms with E-state index in [9.17, 15) is 4.79 Å². The van der Waals surface area contributed by atoms with Crippen LogP contribution in [0.3, 0.4) is 0 Å². The maximum atomic E-state index is 10.0. The second-order valence-electron chi connectivity index (χ2n) is 5.77. The molecular weight excluding hydrogens is 328 g/mol. The largest absolute Gasteiger partial charge is 2.00 e.